The quantitative estimate of drug-likeness (QED) is 0.791. The number of rotatable bonds is 2. The van der Waals surface area contributed by atoms with Crippen LogP contribution in [0.25, 0.3) is 0 Å². The van der Waals surface area contributed by atoms with Gasteiger partial charge in [0.25, 0.3) is 0 Å². The molecule has 1 nitrogen and oxygen atoms in total. The molecule has 0 saturated carbocycles. The number of nitrogens with one attached hydrogen (secondary N) is 1. The molecule has 1 aromatic heterocycles. The average Bonchev–Trinajstić information content (AvgIpc) is 2.66. The van der Waals surface area contributed by atoms with E-state index >= 15 is 0 Å². The molecule has 0 spiro atoms. The van der Waals surface area contributed by atoms with Crippen LogP contribution in [-0.2, 0) is 0 Å². The molecule has 1 heterocycles. The van der Waals surface area contributed by atoms with Gasteiger partial charge in [-0.05, 0) is 31.2 Å². The van der Waals surface area contributed by atoms with E-state index in [0.717, 1.165) is 15.6 Å². The Morgan fingerprint density at radius 2 is 1.87 bits per heavy atom. The van der Waals surface area contributed by atoms with Gasteiger partial charge in [0.2, 0.25) is 0 Å². The molecule has 15 heavy (non-hydrogen) atoms. The molecule has 3 heteroatoms. The fourth-order valence-electron chi connectivity index (χ4n) is 1.27. The van der Waals surface area contributed by atoms with Crippen LogP contribution in [0.2, 0.25) is 0 Å². The lowest BCUT2D eigenvalue weighted by Gasteiger charge is -2.05. The smallest absolute Gasteiger partial charge is 0.121 e. The van der Waals surface area contributed by atoms with E-state index in [-0.39, 0.29) is 0 Å². The molecule has 0 radical (unpaired) electrons. The summed E-state index contributed by atoms with van der Waals surface area (Å²) in [6.45, 7) is 2.08. The van der Waals surface area contributed by atoms with Crippen molar-refractivity contribution < 1.29 is 0 Å². The van der Waals surface area contributed by atoms with Crippen molar-refractivity contribution in [3.8, 4) is 0 Å². The Kier molecular flexibility index (Phi) is 3.14. The van der Waals surface area contributed by atoms with Gasteiger partial charge in [-0.2, -0.15) is 0 Å². The van der Waals surface area contributed by atoms with E-state index < -0.39 is 0 Å². The van der Waals surface area contributed by atoms with Crippen molar-refractivity contribution in [1.82, 2.24) is 0 Å². The molecule has 1 aromatic carbocycles. The summed E-state index contributed by atoms with van der Waals surface area (Å²) >= 11 is 7.03. The van der Waals surface area contributed by atoms with Gasteiger partial charge in [0.1, 0.15) is 4.99 Å². The molecule has 0 fully saturated rings. The van der Waals surface area contributed by atoms with Gasteiger partial charge < -0.3 is 5.32 Å². The summed E-state index contributed by atoms with van der Waals surface area (Å²) in [6, 6.07) is 14.1. The lowest BCUT2D eigenvalue weighted by Crippen LogP contribution is -2.08. The van der Waals surface area contributed by atoms with Crippen LogP contribution >= 0.6 is 23.6 Å². The Hall–Kier alpha value is -1.19. The normalized spacial score (nSPS) is 9.93. The standard InChI is InChI=1S/C12H11NS2/c1-9-7-8-11(15-9)12(14)13-10-5-3-2-4-6-10/h2-8H,1H3,(H,13,14). The van der Waals surface area contributed by atoms with Crippen molar-refractivity contribution in [2.45, 2.75) is 6.92 Å². The number of benzene rings is 1. The van der Waals surface area contributed by atoms with Crippen molar-refractivity contribution in [1.29, 1.82) is 0 Å². The minimum Gasteiger partial charge on any atom is -0.345 e. The monoisotopic (exact) mass is 233 g/mol. The Morgan fingerprint density at radius 1 is 1.13 bits per heavy atom. The number of anilines is 1. The van der Waals surface area contributed by atoms with Crippen molar-refractivity contribution >= 4 is 34.2 Å². The van der Waals surface area contributed by atoms with E-state index in [4.69, 9.17) is 12.2 Å². The number of para-hydroxylation sites is 1. The highest BCUT2D eigenvalue weighted by atomic mass is 32.1. The van der Waals surface area contributed by atoms with Gasteiger partial charge in [-0.25, -0.2) is 0 Å². The highest BCUT2D eigenvalue weighted by Gasteiger charge is 2.03. The summed E-state index contributed by atoms with van der Waals surface area (Å²) < 4.78 is 0. The van der Waals surface area contributed by atoms with Gasteiger partial charge >= 0.3 is 0 Å². The zero-order valence-corrected chi connectivity index (χ0v) is 9.99. The average molecular weight is 233 g/mol. The van der Waals surface area contributed by atoms with Crippen LogP contribution in [-0.4, -0.2) is 4.99 Å². The van der Waals surface area contributed by atoms with Crippen molar-refractivity contribution in [3.63, 3.8) is 0 Å². The van der Waals surface area contributed by atoms with E-state index in [2.05, 4.69) is 24.4 Å². The van der Waals surface area contributed by atoms with Gasteiger partial charge in [0, 0.05) is 10.6 Å². The molecule has 0 saturated heterocycles. The molecule has 2 rings (SSSR count). The third-order valence-electron chi connectivity index (χ3n) is 2.00. The second-order valence-electron chi connectivity index (χ2n) is 3.23. The maximum atomic E-state index is 5.32. The van der Waals surface area contributed by atoms with E-state index in [1.165, 1.54) is 4.88 Å². The first-order chi connectivity index (χ1) is 7.25. The van der Waals surface area contributed by atoms with Crippen LogP contribution in [0.1, 0.15) is 9.75 Å². The van der Waals surface area contributed by atoms with Gasteiger partial charge in [-0.3, -0.25) is 0 Å². The SMILES string of the molecule is Cc1ccc(C(=S)Nc2ccccc2)s1. The fraction of sp³-hybridized carbons (Fsp3) is 0.0833. The molecule has 1 N–H and O–H groups in total. The molecule has 0 atom stereocenters. The predicted molar refractivity (Wildman–Crippen MR) is 70.8 cm³/mol. The highest BCUT2D eigenvalue weighted by molar-refractivity contribution is 7.81. The molecule has 2 aromatic rings. The first-order valence-electron chi connectivity index (χ1n) is 4.68. The summed E-state index contributed by atoms with van der Waals surface area (Å²) in [7, 11) is 0. The van der Waals surface area contributed by atoms with E-state index in [1.54, 1.807) is 11.3 Å². The molecule has 0 aliphatic rings. The fourth-order valence-corrected chi connectivity index (χ4v) is 2.34. The molecule has 0 aliphatic carbocycles. The zero-order valence-electron chi connectivity index (χ0n) is 8.36. The van der Waals surface area contributed by atoms with Gasteiger partial charge in [0.15, 0.2) is 0 Å². The largest absolute Gasteiger partial charge is 0.345 e. The minimum atomic E-state index is 0.791. The molecule has 0 unspecified atom stereocenters. The van der Waals surface area contributed by atoms with Crippen LogP contribution in [0.4, 0.5) is 5.69 Å². The number of thiocarbonyl (C=S) groups is 1. The van der Waals surface area contributed by atoms with E-state index in [9.17, 15) is 0 Å². The second-order valence-corrected chi connectivity index (χ2v) is 4.93. The molecule has 0 aliphatic heterocycles. The molecular weight excluding hydrogens is 222 g/mol. The topological polar surface area (TPSA) is 12.0 Å². The minimum absolute atomic E-state index is 0.791. The number of hydrogen-bond donors (Lipinski definition) is 1. The first kappa shape index (κ1) is 10.3. The number of aryl methyl sites for hydroxylation is 1. The molecule has 0 bridgehead atoms. The van der Waals surface area contributed by atoms with Crippen molar-refractivity contribution in [2.24, 2.45) is 0 Å². The van der Waals surface area contributed by atoms with Crippen LogP contribution < -0.4 is 5.32 Å². The summed E-state index contributed by atoms with van der Waals surface area (Å²) in [5.41, 5.74) is 1.04. The Bertz CT molecular complexity index is 459. The summed E-state index contributed by atoms with van der Waals surface area (Å²) in [6.07, 6.45) is 0. The lowest BCUT2D eigenvalue weighted by atomic mass is 10.3. The van der Waals surface area contributed by atoms with Crippen LogP contribution in [0, 0.1) is 6.92 Å². The number of hydrogen-bond acceptors (Lipinski definition) is 2. The number of thiophene rings is 1. The van der Waals surface area contributed by atoms with Gasteiger partial charge in [-0.1, -0.05) is 30.4 Å². The van der Waals surface area contributed by atoms with Crippen molar-refractivity contribution in [2.75, 3.05) is 5.32 Å². The zero-order chi connectivity index (χ0) is 10.7. The predicted octanol–water partition coefficient (Wildman–Crippen LogP) is 3.84. The Labute approximate surface area is 98.8 Å². The Balaban J connectivity index is 2.11. The third-order valence-corrected chi connectivity index (χ3v) is 3.47. The van der Waals surface area contributed by atoms with Crippen LogP contribution in [0.5, 0.6) is 0 Å². The molecule has 0 amide bonds. The van der Waals surface area contributed by atoms with Crippen LogP contribution in [0.3, 0.4) is 0 Å². The highest BCUT2D eigenvalue weighted by Crippen LogP contribution is 2.17. The van der Waals surface area contributed by atoms with Gasteiger partial charge in [-0.15, -0.1) is 11.3 Å². The lowest BCUT2D eigenvalue weighted by molar-refractivity contribution is 1.64. The summed E-state index contributed by atoms with van der Waals surface area (Å²) in [5.74, 6) is 0. The molecule has 76 valence electrons. The second kappa shape index (κ2) is 4.55. The van der Waals surface area contributed by atoms with E-state index in [1.807, 2.05) is 30.3 Å². The summed E-state index contributed by atoms with van der Waals surface area (Å²) in [4.78, 5) is 3.19. The van der Waals surface area contributed by atoms with Gasteiger partial charge in [0.05, 0.1) is 4.88 Å². The maximum absolute atomic E-state index is 5.32. The molecular formula is C12H11NS2. The van der Waals surface area contributed by atoms with Crippen molar-refractivity contribution in [3.05, 3.63) is 52.2 Å². The first-order valence-corrected chi connectivity index (χ1v) is 5.91. The Morgan fingerprint density at radius 3 is 2.47 bits per heavy atom. The maximum Gasteiger partial charge on any atom is 0.121 e. The summed E-state index contributed by atoms with van der Waals surface area (Å²) in [5, 5.41) is 3.21. The van der Waals surface area contributed by atoms with E-state index in [0.29, 0.717) is 0 Å². The third kappa shape index (κ3) is 2.64. The van der Waals surface area contributed by atoms with Crippen LogP contribution in [0.15, 0.2) is 42.5 Å².